The molecule has 19 heavy (non-hydrogen) atoms. The van der Waals surface area contributed by atoms with Crippen LogP contribution in [0, 0.1) is 26.7 Å². The second-order valence-corrected chi connectivity index (χ2v) is 5.96. The van der Waals surface area contributed by atoms with Crippen LogP contribution >= 0.6 is 0 Å². The Balaban J connectivity index is 2.76. The molecule has 0 aliphatic heterocycles. The van der Waals surface area contributed by atoms with Crippen LogP contribution in [0.2, 0.25) is 0 Å². The van der Waals surface area contributed by atoms with Crippen LogP contribution in [0.4, 0.5) is 0 Å². The van der Waals surface area contributed by atoms with Crippen molar-refractivity contribution in [1.82, 2.24) is 0 Å². The minimum atomic E-state index is -0.305. The fourth-order valence-electron chi connectivity index (χ4n) is 2.77. The molecule has 1 heteroatoms. The van der Waals surface area contributed by atoms with E-state index < -0.39 is 0 Å². The fraction of sp³-hybridized carbons (Fsp3) is 0.667. The Morgan fingerprint density at radius 1 is 1.00 bits per heavy atom. The van der Waals surface area contributed by atoms with Gasteiger partial charge in [0, 0.05) is 0 Å². The summed E-state index contributed by atoms with van der Waals surface area (Å²) in [5.74, 6) is 0.649. The van der Waals surface area contributed by atoms with Gasteiger partial charge in [0.15, 0.2) is 0 Å². The molecule has 0 fully saturated rings. The molecular weight excluding hydrogens is 232 g/mol. The Labute approximate surface area is 119 Å². The lowest BCUT2D eigenvalue weighted by Crippen LogP contribution is -2.09. The number of aryl methyl sites for hydroxylation is 3. The van der Waals surface area contributed by atoms with Gasteiger partial charge in [-0.2, -0.15) is 0 Å². The Hall–Kier alpha value is -0.820. The molecule has 0 heterocycles. The lowest BCUT2D eigenvalue weighted by molar-refractivity contribution is 0.138. The molecule has 0 saturated carbocycles. The van der Waals surface area contributed by atoms with E-state index in [0.717, 1.165) is 12.0 Å². The van der Waals surface area contributed by atoms with Crippen molar-refractivity contribution in [3.05, 3.63) is 34.4 Å². The molecule has 1 nitrogen and oxygen atoms in total. The predicted octanol–water partition coefficient (Wildman–Crippen LogP) is 5.25. The monoisotopic (exact) mass is 262 g/mol. The highest BCUT2D eigenvalue weighted by molar-refractivity contribution is 5.37. The second kappa shape index (κ2) is 7.69. The highest BCUT2D eigenvalue weighted by Gasteiger charge is 2.16. The van der Waals surface area contributed by atoms with Gasteiger partial charge < -0.3 is 5.11 Å². The molecule has 1 aromatic rings. The molecule has 0 aliphatic carbocycles. The maximum Gasteiger partial charge on any atom is 0.0795 e. The molecule has 0 saturated heterocycles. The van der Waals surface area contributed by atoms with Crippen LogP contribution in [-0.4, -0.2) is 5.11 Å². The Morgan fingerprint density at radius 2 is 1.63 bits per heavy atom. The second-order valence-electron chi connectivity index (χ2n) is 5.96. The number of aliphatic hydroxyl groups is 1. The summed E-state index contributed by atoms with van der Waals surface area (Å²) in [5, 5.41) is 10.5. The van der Waals surface area contributed by atoms with Crippen molar-refractivity contribution >= 4 is 0 Å². The van der Waals surface area contributed by atoms with Gasteiger partial charge in [0.25, 0.3) is 0 Å². The molecule has 1 rings (SSSR count). The summed E-state index contributed by atoms with van der Waals surface area (Å²) < 4.78 is 0. The van der Waals surface area contributed by atoms with Crippen molar-refractivity contribution in [2.45, 2.75) is 72.8 Å². The van der Waals surface area contributed by atoms with Gasteiger partial charge in [-0.25, -0.2) is 0 Å². The first kappa shape index (κ1) is 16.2. The van der Waals surface area contributed by atoms with E-state index in [2.05, 4.69) is 46.8 Å². The van der Waals surface area contributed by atoms with Gasteiger partial charge >= 0.3 is 0 Å². The van der Waals surface area contributed by atoms with Crippen molar-refractivity contribution in [3.63, 3.8) is 0 Å². The summed E-state index contributed by atoms with van der Waals surface area (Å²) >= 11 is 0. The SMILES string of the molecule is CCCCC(CC)CC(O)c1cc(C)c(C)cc1C. The molecule has 0 radical (unpaired) electrons. The third-order valence-electron chi connectivity index (χ3n) is 4.34. The number of aliphatic hydroxyl groups excluding tert-OH is 1. The first-order valence-electron chi connectivity index (χ1n) is 7.75. The number of benzene rings is 1. The zero-order valence-electron chi connectivity index (χ0n) is 13.3. The van der Waals surface area contributed by atoms with Crippen molar-refractivity contribution < 1.29 is 5.11 Å². The van der Waals surface area contributed by atoms with Gasteiger partial charge in [-0.1, -0.05) is 51.7 Å². The van der Waals surface area contributed by atoms with E-state index in [1.807, 2.05) is 0 Å². The molecule has 2 atom stereocenters. The van der Waals surface area contributed by atoms with E-state index in [-0.39, 0.29) is 6.10 Å². The quantitative estimate of drug-likeness (QED) is 0.711. The van der Waals surface area contributed by atoms with Crippen molar-refractivity contribution in [2.24, 2.45) is 5.92 Å². The van der Waals surface area contributed by atoms with Crippen LogP contribution in [0.15, 0.2) is 12.1 Å². The lowest BCUT2D eigenvalue weighted by Gasteiger charge is -2.21. The first-order chi connectivity index (χ1) is 8.99. The molecule has 108 valence electrons. The number of unbranched alkanes of at least 4 members (excludes halogenated alkanes) is 1. The molecule has 0 spiro atoms. The molecule has 1 N–H and O–H groups in total. The van der Waals surface area contributed by atoms with Gasteiger partial charge in [-0.15, -0.1) is 0 Å². The lowest BCUT2D eigenvalue weighted by atomic mass is 9.88. The average Bonchev–Trinajstić information content (AvgIpc) is 2.38. The molecule has 0 bridgehead atoms. The molecule has 2 unspecified atom stereocenters. The molecular formula is C18H30O. The normalized spacial score (nSPS) is 14.4. The summed E-state index contributed by atoms with van der Waals surface area (Å²) in [6.07, 6.45) is 5.53. The highest BCUT2D eigenvalue weighted by Crippen LogP contribution is 2.29. The van der Waals surface area contributed by atoms with Gasteiger partial charge in [-0.05, 0) is 55.4 Å². The van der Waals surface area contributed by atoms with E-state index in [1.165, 1.54) is 42.4 Å². The Morgan fingerprint density at radius 3 is 2.21 bits per heavy atom. The van der Waals surface area contributed by atoms with E-state index in [0.29, 0.717) is 5.92 Å². The van der Waals surface area contributed by atoms with Crippen molar-refractivity contribution in [3.8, 4) is 0 Å². The Kier molecular flexibility index (Phi) is 6.57. The first-order valence-corrected chi connectivity index (χ1v) is 7.75. The standard InChI is InChI=1S/C18H30O/c1-6-8-9-16(7-2)12-18(19)17-11-14(4)13(3)10-15(17)5/h10-11,16,18-19H,6-9,12H2,1-5H3. The number of hydrogen-bond donors (Lipinski definition) is 1. The molecule has 0 aliphatic rings. The van der Waals surface area contributed by atoms with Crippen molar-refractivity contribution in [1.29, 1.82) is 0 Å². The largest absolute Gasteiger partial charge is 0.388 e. The fourth-order valence-corrected chi connectivity index (χ4v) is 2.77. The van der Waals surface area contributed by atoms with Crippen LogP contribution in [0.5, 0.6) is 0 Å². The zero-order chi connectivity index (χ0) is 14.4. The van der Waals surface area contributed by atoms with E-state index >= 15 is 0 Å². The average molecular weight is 262 g/mol. The van der Waals surface area contributed by atoms with Gasteiger partial charge in [0.2, 0.25) is 0 Å². The number of rotatable bonds is 7. The van der Waals surface area contributed by atoms with E-state index in [4.69, 9.17) is 0 Å². The summed E-state index contributed by atoms with van der Waals surface area (Å²) in [4.78, 5) is 0. The maximum atomic E-state index is 10.5. The van der Waals surface area contributed by atoms with E-state index in [9.17, 15) is 5.11 Å². The third-order valence-corrected chi connectivity index (χ3v) is 4.34. The maximum absolute atomic E-state index is 10.5. The predicted molar refractivity (Wildman–Crippen MR) is 83.5 cm³/mol. The summed E-state index contributed by atoms with van der Waals surface area (Å²) in [5.41, 5.74) is 4.94. The van der Waals surface area contributed by atoms with Gasteiger partial charge in [0.1, 0.15) is 0 Å². The van der Waals surface area contributed by atoms with Crippen LogP contribution in [0.3, 0.4) is 0 Å². The van der Waals surface area contributed by atoms with E-state index in [1.54, 1.807) is 0 Å². The van der Waals surface area contributed by atoms with Crippen LogP contribution in [-0.2, 0) is 0 Å². The molecule has 0 amide bonds. The summed E-state index contributed by atoms with van der Waals surface area (Å²) in [6.45, 7) is 10.8. The number of hydrogen-bond acceptors (Lipinski definition) is 1. The van der Waals surface area contributed by atoms with Gasteiger partial charge in [0.05, 0.1) is 6.10 Å². The summed E-state index contributed by atoms with van der Waals surface area (Å²) in [6, 6.07) is 4.36. The third kappa shape index (κ3) is 4.65. The minimum Gasteiger partial charge on any atom is -0.388 e. The van der Waals surface area contributed by atoms with Crippen LogP contribution < -0.4 is 0 Å². The smallest absolute Gasteiger partial charge is 0.0795 e. The Bertz CT molecular complexity index is 395. The van der Waals surface area contributed by atoms with Gasteiger partial charge in [-0.3, -0.25) is 0 Å². The molecule has 1 aromatic carbocycles. The van der Waals surface area contributed by atoms with Crippen molar-refractivity contribution in [2.75, 3.05) is 0 Å². The summed E-state index contributed by atoms with van der Waals surface area (Å²) in [7, 11) is 0. The topological polar surface area (TPSA) is 20.2 Å². The van der Waals surface area contributed by atoms with Crippen LogP contribution in [0.25, 0.3) is 0 Å². The molecule has 0 aromatic heterocycles. The van der Waals surface area contributed by atoms with Crippen LogP contribution in [0.1, 0.15) is 74.3 Å². The zero-order valence-corrected chi connectivity index (χ0v) is 13.3. The highest BCUT2D eigenvalue weighted by atomic mass is 16.3. The minimum absolute atomic E-state index is 0.305.